The van der Waals surface area contributed by atoms with E-state index >= 15 is 0 Å². The number of hydrogen-bond acceptors (Lipinski definition) is 0. The molecule has 0 bridgehead atoms. The van der Waals surface area contributed by atoms with Gasteiger partial charge in [-0.1, -0.05) is 0 Å². The molecule has 0 aromatic rings. The Morgan fingerprint density at radius 1 is 1.00 bits per heavy atom. The maximum atomic E-state index is 0. The van der Waals surface area contributed by atoms with Gasteiger partial charge in [-0.3, -0.25) is 0 Å². The molecule has 2 radical (unpaired) electrons. The topological polar surface area (TPSA) is 0 Å². The van der Waals surface area contributed by atoms with E-state index in [9.17, 15) is 0 Å². The van der Waals surface area contributed by atoms with Crippen LogP contribution in [0.2, 0.25) is 0 Å². The quantitative estimate of drug-likeness (QED) is 0.388. The average molecular weight is 207 g/mol. The SMILES string of the molecule is P.[Co].[Mn].[Ni]. The summed E-state index contributed by atoms with van der Waals surface area (Å²) < 4.78 is 0. The standard InChI is InChI=1S/Co.Mn.Ni.H3P/h;;;1H3. The molecule has 0 aliphatic carbocycles. The molecule has 1 unspecified atom stereocenters. The second kappa shape index (κ2) is 20.3. The van der Waals surface area contributed by atoms with Gasteiger partial charge in [-0.2, -0.15) is 9.90 Å². The van der Waals surface area contributed by atoms with E-state index in [1.165, 1.54) is 0 Å². The largest absolute Gasteiger partial charge is 0.153 e. The van der Waals surface area contributed by atoms with Crippen LogP contribution in [-0.2, 0) is 50.3 Å². The normalized spacial score (nSPS) is 0. The Kier molecular flexibility index (Phi) is 195. The van der Waals surface area contributed by atoms with E-state index in [2.05, 4.69) is 0 Å². The van der Waals surface area contributed by atoms with E-state index in [4.69, 9.17) is 0 Å². The Balaban J connectivity index is 0. The van der Waals surface area contributed by atoms with Gasteiger partial charge in [0, 0.05) is 50.3 Å². The fourth-order valence-corrected chi connectivity index (χ4v) is 0. The predicted molar refractivity (Wildman–Crippen MR) is 11.1 cm³/mol. The van der Waals surface area contributed by atoms with E-state index in [0.29, 0.717) is 0 Å². The molecular weight excluding hydrogens is 204 g/mol. The molecule has 0 aromatic carbocycles. The molecule has 0 N–H and O–H groups in total. The van der Waals surface area contributed by atoms with Crippen LogP contribution in [0.4, 0.5) is 0 Å². The van der Waals surface area contributed by atoms with Crippen LogP contribution in [0.1, 0.15) is 0 Å². The van der Waals surface area contributed by atoms with Crippen LogP contribution in [0.5, 0.6) is 0 Å². The molecule has 4 heteroatoms. The van der Waals surface area contributed by atoms with E-state index in [0.717, 1.165) is 0 Å². The monoisotopic (exact) mass is 206 g/mol. The molecule has 0 aliphatic rings. The first-order valence-corrected chi connectivity index (χ1v) is 0. The summed E-state index contributed by atoms with van der Waals surface area (Å²) in [5.74, 6) is 0. The maximum absolute atomic E-state index is 0. The molecule has 0 spiro atoms. The van der Waals surface area contributed by atoms with Crippen LogP contribution >= 0.6 is 9.90 Å². The summed E-state index contributed by atoms with van der Waals surface area (Å²) >= 11 is 0. The van der Waals surface area contributed by atoms with Gasteiger partial charge in [-0.15, -0.1) is 0 Å². The van der Waals surface area contributed by atoms with Crippen molar-refractivity contribution < 1.29 is 50.3 Å². The van der Waals surface area contributed by atoms with Crippen molar-refractivity contribution in [2.45, 2.75) is 0 Å². The Labute approximate surface area is 60.1 Å². The summed E-state index contributed by atoms with van der Waals surface area (Å²) in [6, 6.07) is 0. The van der Waals surface area contributed by atoms with Gasteiger partial charge in [-0.05, 0) is 0 Å². The first-order chi connectivity index (χ1) is 0. The Hall–Kier alpha value is 1.95. The molecule has 1 atom stereocenters. The zero-order chi connectivity index (χ0) is 0. The molecule has 0 saturated carbocycles. The van der Waals surface area contributed by atoms with Gasteiger partial charge in [0.1, 0.15) is 0 Å². The molecular formula is H3CoMnNiP. The molecule has 34 valence electrons. The zero-order valence-corrected chi connectivity index (χ0v) is 6.36. The minimum absolute atomic E-state index is 0. The van der Waals surface area contributed by atoms with E-state index in [-0.39, 0.29) is 60.2 Å². The number of rotatable bonds is 0. The Morgan fingerprint density at radius 3 is 1.00 bits per heavy atom. The van der Waals surface area contributed by atoms with Crippen molar-refractivity contribution in [3.05, 3.63) is 0 Å². The van der Waals surface area contributed by atoms with Crippen molar-refractivity contribution in [1.82, 2.24) is 0 Å². The zero-order valence-electron chi connectivity index (χ0n) is 1.73. The molecule has 4 heavy (non-hydrogen) atoms. The average Bonchev–Trinajstić information content (AvgIpc) is 0. The Bertz CT molecular complexity index is 8.00. The second-order valence-electron chi connectivity index (χ2n) is 0. The van der Waals surface area contributed by atoms with Crippen LogP contribution in [0.25, 0.3) is 0 Å². The Morgan fingerprint density at radius 2 is 1.00 bits per heavy atom. The minimum Gasteiger partial charge on any atom is -0.153 e. The molecule has 0 heterocycles. The third kappa shape index (κ3) is 9.04. The fraction of sp³-hybridized carbons (Fsp3) is 0. The van der Waals surface area contributed by atoms with Gasteiger partial charge in [0.2, 0.25) is 0 Å². The van der Waals surface area contributed by atoms with Gasteiger partial charge in [0.15, 0.2) is 0 Å². The smallest absolute Gasteiger partial charge is 0 e. The molecule has 0 aliphatic heterocycles. The summed E-state index contributed by atoms with van der Waals surface area (Å²) in [5.41, 5.74) is 0. The van der Waals surface area contributed by atoms with Gasteiger partial charge in [-0.25, -0.2) is 0 Å². The van der Waals surface area contributed by atoms with Crippen LogP contribution in [-0.4, -0.2) is 0 Å². The fourth-order valence-electron chi connectivity index (χ4n) is 0. The van der Waals surface area contributed by atoms with Crippen molar-refractivity contribution in [1.29, 1.82) is 0 Å². The van der Waals surface area contributed by atoms with E-state index < -0.39 is 0 Å². The van der Waals surface area contributed by atoms with Gasteiger partial charge in [0.25, 0.3) is 0 Å². The molecule has 0 nitrogen and oxygen atoms in total. The first-order valence-electron chi connectivity index (χ1n) is 0. The van der Waals surface area contributed by atoms with Crippen LogP contribution in [0, 0.1) is 0 Å². The molecule has 0 rings (SSSR count). The van der Waals surface area contributed by atoms with E-state index in [1.54, 1.807) is 0 Å². The van der Waals surface area contributed by atoms with Crippen molar-refractivity contribution in [2.24, 2.45) is 0 Å². The van der Waals surface area contributed by atoms with Crippen molar-refractivity contribution >= 4 is 9.90 Å². The van der Waals surface area contributed by atoms with Gasteiger partial charge in [0.05, 0.1) is 0 Å². The van der Waals surface area contributed by atoms with Gasteiger partial charge >= 0.3 is 0 Å². The molecule has 0 saturated heterocycles. The van der Waals surface area contributed by atoms with Gasteiger partial charge < -0.3 is 0 Å². The van der Waals surface area contributed by atoms with Crippen LogP contribution in [0.3, 0.4) is 0 Å². The molecule has 0 fully saturated rings. The summed E-state index contributed by atoms with van der Waals surface area (Å²) in [5, 5.41) is 0. The minimum atomic E-state index is 0. The third-order valence-corrected chi connectivity index (χ3v) is 0. The van der Waals surface area contributed by atoms with Crippen molar-refractivity contribution in [3.63, 3.8) is 0 Å². The second-order valence-corrected chi connectivity index (χ2v) is 0. The number of hydrogen-bond donors (Lipinski definition) is 0. The van der Waals surface area contributed by atoms with Crippen LogP contribution in [0.15, 0.2) is 0 Å². The molecule has 0 amide bonds. The first kappa shape index (κ1) is 38.3. The molecule has 0 aromatic heterocycles. The van der Waals surface area contributed by atoms with Crippen molar-refractivity contribution in [2.75, 3.05) is 0 Å². The summed E-state index contributed by atoms with van der Waals surface area (Å²) in [6.45, 7) is 0. The summed E-state index contributed by atoms with van der Waals surface area (Å²) in [6.07, 6.45) is 0. The predicted octanol–water partition coefficient (Wildman–Crippen LogP) is 0.0506. The maximum Gasteiger partial charge on any atom is 0 e. The third-order valence-electron chi connectivity index (χ3n) is 0. The van der Waals surface area contributed by atoms with Crippen molar-refractivity contribution in [3.8, 4) is 0 Å². The van der Waals surface area contributed by atoms with Crippen LogP contribution < -0.4 is 0 Å². The summed E-state index contributed by atoms with van der Waals surface area (Å²) in [4.78, 5) is 0. The summed E-state index contributed by atoms with van der Waals surface area (Å²) in [7, 11) is 0. The van der Waals surface area contributed by atoms with E-state index in [1.807, 2.05) is 0 Å².